The van der Waals surface area contributed by atoms with Gasteiger partial charge in [0.05, 0.1) is 22.4 Å². The second-order valence-electron chi connectivity index (χ2n) is 6.96. The van der Waals surface area contributed by atoms with Crippen LogP contribution in [0.4, 0.5) is 0 Å². The number of benzene rings is 1. The van der Waals surface area contributed by atoms with Crippen molar-refractivity contribution in [2.45, 2.75) is 67.0 Å². The van der Waals surface area contributed by atoms with Crippen molar-refractivity contribution >= 4 is 47.9 Å². The minimum Gasteiger partial charge on any atom is -0.248 e. The van der Waals surface area contributed by atoms with Gasteiger partial charge in [0.2, 0.25) is 0 Å². The Hall–Kier alpha value is -0.675. The van der Waals surface area contributed by atoms with E-state index in [4.69, 9.17) is 17.8 Å². The van der Waals surface area contributed by atoms with Crippen LogP contribution >= 0.6 is 23.5 Å². The van der Waals surface area contributed by atoms with Gasteiger partial charge in [-0.25, -0.2) is 9.97 Å². The average Bonchev–Trinajstić information content (AvgIpc) is 2.74. The van der Waals surface area contributed by atoms with Gasteiger partial charge in [-0.05, 0) is 31.4 Å². The molecule has 2 radical (unpaired) electrons. The predicted octanol–water partition coefficient (Wildman–Crippen LogP) is 4.39. The van der Waals surface area contributed by atoms with Crippen molar-refractivity contribution in [2.24, 2.45) is 0 Å². The zero-order valence-corrected chi connectivity index (χ0v) is 15.7. The molecule has 1 saturated carbocycles. The summed E-state index contributed by atoms with van der Waals surface area (Å²) in [5.41, 5.74) is 5.04. The number of rotatable bonds is 0. The van der Waals surface area contributed by atoms with Crippen LogP contribution in [-0.2, 0) is 11.5 Å². The second kappa shape index (κ2) is 7.69. The summed E-state index contributed by atoms with van der Waals surface area (Å²) in [6, 6.07) is 5.87. The van der Waals surface area contributed by atoms with Crippen molar-refractivity contribution in [3.8, 4) is 0 Å². The van der Waals surface area contributed by atoms with Gasteiger partial charge in [0.1, 0.15) is 7.85 Å². The van der Waals surface area contributed by atoms with Gasteiger partial charge in [0, 0.05) is 22.0 Å². The van der Waals surface area contributed by atoms with E-state index >= 15 is 0 Å². The molecule has 4 rings (SSSR count). The van der Waals surface area contributed by atoms with E-state index in [0.717, 1.165) is 38.5 Å². The molecule has 2 unspecified atom stereocenters. The molecule has 0 saturated heterocycles. The van der Waals surface area contributed by atoms with Gasteiger partial charge in [-0.1, -0.05) is 37.2 Å². The van der Waals surface area contributed by atoms with Gasteiger partial charge in [-0.15, -0.1) is 0 Å². The molecule has 2 atom stereocenters. The summed E-state index contributed by atoms with van der Waals surface area (Å²) in [4.78, 5) is 9.85. The number of aromatic nitrogens is 2. The highest BCUT2D eigenvalue weighted by atomic mass is 32.2. The van der Waals surface area contributed by atoms with Crippen molar-refractivity contribution in [3.63, 3.8) is 0 Å². The number of hydrogen-bond donors (Lipinski definition) is 0. The lowest BCUT2D eigenvalue weighted by atomic mass is 9.96. The largest absolute Gasteiger partial charge is 0.248 e. The maximum Gasteiger partial charge on any atom is 0.113 e. The lowest BCUT2D eigenvalue weighted by molar-refractivity contribution is 0.628. The van der Waals surface area contributed by atoms with Crippen LogP contribution in [-0.4, -0.2) is 28.3 Å². The van der Waals surface area contributed by atoms with Crippen molar-refractivity contribution in [2.75, 3.05) is 0 Å². The Kier molecular flexibility index (Phi) is 5.38. The molecule has 0 amide bonds. The van der Waals surface area contributed by atoms with E-state index in [1.54, 1.807) is 0 Å². The molecule has 1 aliphatic heterocycles. The van der Waals surface area contributed by atoms with E-state index in [1.165, 1.54) is 56.3 Å². The molecular weight excluding hydrogens is 331 g/mol. The monoisotopic (exact) mass is 354 g/mol. The lowest BCUT2D eigenvalue weighted by Gasteiger charge is -2.20. The molecule has 2 bridgehead atoms. The van der Waals surface area contributed by atoms with E-state index in [0.29, 0.717) is 0 Å². The molecule has 24 heavy (non-hydrogen) atoms. The molecule has 0 N–H and O–H groups in total. The summed E-state index contributed by atoms with van der Waals surface area (Å²) in [6.07, 6.45) is 9.70. The molecule has 2 nitrogen and oxygen atoms in total. The standard InChI is InChI=1S/C19H23BN2S2/c20-13-7-8-16-17(9-13)22-19-12-24-15-6-4-2-1-3-5-14(10-15)23-11-18(19)21-16/h7-9,14-15H,1-6,10-12H2. The summed E-state index contributed by atoms with van der Waals surface area (Å²) in [5, 5.41) is 1.57. The minimum absolute atomic E-state index is 0.766. The van der Waals surface area contributed by atoms with Gasteiger partial charge in [0.25, 0.3) is 0 Å². The Morgan fingerprint density at radius 2 is 1.46 bits per heavy atom. The zero-order valence-electron chi connectivity index (χ0n) is 14.0. The third-order valence-corrected chi connectivity index (χ3v) is 7.76. The fraction of sp³-hybridized carbons (Fsp3) is 0.579. The Balaban J connectivity index is 1.66. The lowest BCUT2D eigenvalue weighted by Crippen LogP contribution is -2.12. The minimum atomic E-state index is 0.766. The van der Waals surface area contributed by atoms with Gasteiger partial charge in [-0.3, -0.25) is 0 Å². The second-order valence-corrected chi connectivity index (χ2v) is 9.54. The first-order chi connectivity index (χ1) is 11.8. The van der Waals surface area contributed by atoms with E-state index in [9.17, 15) is 0 Å². The van der Waals surface area contributed by atoms with Crippen molar-refractivity contribution in [1.82, 2.24) is 9.97 Å². The summed E-state index contributed by atoms with van der Waals surface area (Å²) < 4.78 is 0. The van der Waals surface area contributed by atoms with Crippen molar-refractivity contribution < 1.29 is 0 Å². The molecule has 2 aromatic rings. The predicted molar refractivity (Wildman–Crippen MR) is 107 cm³/mol. The Bertz CT molecular complexity index is 722. The van der Waals surface area contributed by atoms with E-state index in [2.05, 4.69) is 23.5 Å². The number of hydrogen-bond acceptors (Lipinski definition) is 4. The van der Waals surface area contributed by atoms with E-state index in [-0.39, 0.29) is 0 Å². The highest BCUT2D eigenvalue weighted by Gasteiger charge is 2.23. The SMILES string of the molecule is [B]c1ccc2nc3c(nc2c1)CSC1CCCCCCC(C1)SC3. The third-order valence-electron chi connectivity index (χ3n) is 5.08. The first-order valence-corrected chi connectivity index (χ1v) is 11.2. The van der Waals surface area contributed by atoms with Crippen LogP contribution in [0.1, 0.15) is 56.3 Å². The molecule has 1 fully saturated rings. The Labute approximate surface area is 154 Å². The van der Waals surface area contributed by atoms with Crippen molar-refractivity contribution in [1.29, 1.82) is 0 Å². The Morgan fingerprint density at radius 3 is 2.12 bits per heavy atom. The van der Waals surface area contributed by atoms with Crippen LogP contribution in [0.2, 0.25) is 0 Å². The molecule has 2 heterocycles. The normalized spacial score (nSPS) is 25.5. The fourth-order valence-corrected chi connectivity index (χ4v) is 6.47. The van der Waals surface area contributed by atoms with Crippen LogP contribution < -0.4 is 5.46 Å². The van der Waals surface area contributed by atoms with Crippen LogP contribution in [0.3, 0.4) is 0 Å². The smallest absolute Gasteiger partial charge is 0.113 e. The molecule has 5 heteroatoms. The van der Waals surface area contributed by atoms with Crippen LogP contribution in [0, 0.1) is 0 Å². The van der Waals surface area contributed by atoms with E-state index < -0.39 is 0 Å². The first kappa shape index (κ1) is 16.8. The third kappa shape index (κ3) is 3.93. The highest BCUT2D eigenvalue weighted by Crippen LogP contribution is 2.37. The maximum absolute atomic E-state index is 5.92. The maximum atomic E-state index is 5.92. The summed E-state index contributed by atoms with van der Waals surface area (Å²) in [6.45, 7) is 0. The number of thioether (sulfide) groups is 2. The Morgan fingerprint density at radius 1 is 0.833 bits per heavy atom. The van der Waals surface area contributed by atoms with Crippen LogP contribution in [0.25, 0.3) is 11.0 Å². The molecule has 1 aliphatic carbocycles. The van der Waals surface area contributed by atoms with E-state index in [1.807, 2.05) is 18.2 Å². The van der Waals surface area contributed by atoms with Gasteiger partial charge < -0.3 is 0 Å². The number of fused-ring (bicyclic) bond motifs is 4. The molecule has 124 valence electrons. The number of nitrogens with zero attached hydrogens (tertiary/aromatic N) is 2. The van der Waals surface area contributed by atoms with Gasteiger partial charge in [0.15, 0.2) is 0 Å². The molecule has 2 aliphatic rings. The molecule has 0 spiro atoms. The highest BCUT2D eigenvalue weighted by molar-refractivity contribution is 8.00. The summed E-state index contributed by atoms with van der Waals surface area (Å²) in [7, 11) is 5.92. The van der Waals surface area contributed by atoms with Crippen LogP contribution in [0.15, 0.2) is 18.2 Å². The zero-order chi connectivity index (χ0) is 16.4. The van der Waals surface area contributed by atoms with Gasteiger partial charge in [-0.2, -0.15) is 23.5 Å². The quantitative estimate of drug-likeness (QED) is 0.656. The summed E-state index contributed by atoms with van der Waals surface area (Å²) in [5.74, 6) is 1.99. The van der Waals surface area contributed by atoms with Gasteiger partial charge >= 0.3 is 0 Å². The molecular formula is C19H23BN2S2. The average molecular weight is 354 g/mol. The van der Waals surface area contributed by atoms with Crippen LogP contribution in [0.5, 0.6) is 0 Å². The fourth-order valence-electron chi connectivity index (χ4n) is 3.70. The first-order valence-electron chi connectivity index (χ1n) is 9.06. The molecule has 1 aromatic carbocycles. The summed E-state index contributed by atoms with van der Waals surface area (Å²) >= 11 is 4.22. The molecule has 1 aromatic heterocycles. The topological polar surface area (TPSA) is 25.8 Å². The van der Waals surface area contributed by atoms with Crippen molar-refractivity contribution in [3.05, 3.63) is 29.6 Å².